The molecule has 0 bridgehead atoms. The molecule has 1 aliphatic heterocycles. The zero-order valence-electron chi connectivity index (χ0n) is 11.2. The lowest BCUT2D eigenvalue weighted by molar-refractivity contribution is -0.138. The second-order valence-electron chi connectivity index (χ2n) is 4.88. The maximum absolute atomic E-state index is 11.9. The summed E-state index contributed by atoms with van der Waals surface area (Å²) in [5, 5.41) is 11.2. The van der Waals surface area contributed by atoms with E-state index in [1.54, 1.807) is 11.0 Å². The SMILES string of the molecule is O=C(O)CC1CCN(C(=O)CNC(=O)c2ccc(Br)o2)C1. The van der Waals surface area contributed by atoms with Crippen molar-refractivity contribution in [2.45, 2.75) is 12.8 Å². The van der Waals surface area contributed by atoms with E-state index in [-0.39, 0.29) is 30.6 Å². The molecule has 0 radical (unpaired) electrons. The number of aliphatic carboxylic acids is 1. The van der Waals surface area contributed by atoms with Crippen LogP contribution >= 0.6 is 15.9 Å². The van der Waals surface area contributed by atoms with Gasteiger partial charge in [-0.25, -0.2) is 0 Å². The van der Waals surface area contributed by atoms with Gasteiger partial charge in [0.1, 0.15) is 0 Å². The predicted molar refractivity (Wildman–Crippen MR) is 75.7 cm³/mol. The van der Waals surface area contributed by atoms with Gasteiger partial charge in [-0.1, -0.05) is 0 Å². The molecule has 0 aromatic carbocycles. The monoisotopic (exact) mass is 358 g/mol. The Morgan fingerprint density at radius 3 is 2.81 bits per heavy atom. The fourth-order valence-electron chi connectivity index (χ4n) is 2.26. The van der Waals surface area contributed by atoms with Gasteiger partial charge in [0, 0.05) is 19.5 Å². The number of furan rings is 1. The van der Waals surface area contributed by atoms with Crippen LogP contribution in [-0.2, 0) is 9.59 Å². The van der Waals surface area contributed by atoms with E-state index in [0.29, 0.717) is 24.2 Å². The van der Waals surface area contributed by atoms with Crippen LogP contribution in [0.2, 0.25) is 0 Å². The maximum atomic E-state index is 11.9. The number of carboxylic acids is 1. The Morgan fingerprint density at radius 2 is 2.19 bits per heavy atom. The van der Waals surface area contributed by atoms with E-state index >= 15 is 0 Å². The van der Waals surface area contributed by atoms with Crippen LogP contribution in [0.5, 0.6) is 0 Å². The third kappa shape index (κ3) is 4.32. The van der Waals surface area contributed by atoms with Crippen LogP contribution < -0.4 is 5.32 Å². The molecular weight excluding hydrogens is 344 g/mol. The molecule has 1 fully saturated rings. The summed E-state index contributed by atoms with van der Waals surface area (Å²) >= 11 is 3.09. The van der Waals surface area contributed by atoms with Crippen LogP contribution in [0.15, 0.2) is 21.2 Å². The van der Waals surface area contributed by atoms with Crippen molar-refractivity contribution in [3.05, 3.63) is 22.6 Å². The standard InChI is InChI=1S/C13H15BrN2O5/c14-10-2-1-9(21-10)13(20)15-6-11(17)16-4-3-8(7-16)5-12(18)19/h1-2,8H,3-7H2,(H,15,20)(H,18,19). The Balaban J connectivity index is 1.77. The number of carbonyl (C=O) groups is 3. The van der Waals surface area contributed by atoms with Gasteiger partial charge in [0.15, 0.2) is 10.4 Å². The van der Waals surface area contributed by atoms with Gasteiger partial charge in [-0.05, 0) is 40.4 Å². The summed E-state index contributed by atoms with van der Waals surface area (Å²) < 4.78 is 5.52. The van der Waals surface area contributed by atoms with E-state index in [0.717, 1.165) is 0 Å². The molecule has 2 N–H and O–H groups in total. The minimum atomic E-state index is -0.856. The number of nitrogens with one attached hydrogen (secondary N) is 1. The molecule has 2 heterocycles. The molecular formula is C13H15BrN2O5. The highest BCUT2D eigenvalue weighted by molar-refractivity contribution is 9.10. The zero-order valence-corrected chi connectivity index (χ0v) is 12.8. The van der Waals surface area contributed by atoms with Crippen molar-refractivity contribution >= 4 is 33.7 Å². The molecule has 1 aromatic heterocycles. The van der Waals surface area contributed by atoms with Gasteiger partial charge in [-0.2, -0.15) is 0 Å². The minimum absolute atomic E-state index is 0.0109. The molecule has 0 aliphatic carbocycles. The molecule has 1 aromatic rings. The van der Waals surface area contributed by atoms with Gasteiger partial charge >= 0.3 is 5.97 Å². The molecule has 2 amide bonds. The lowest BCUT2D eigenvalue weighted by Crippen LogP contribution is -2.39. The molecule has 1 unspecified atom stereocenters. The lowest BCUT2D eigenvalue weighted by Gasteiger charge is -2.16. The maximum Gasteiger partial charge on any atom is 0.303 e. The lowest BCUT2D eigenvalue weighted by atomic mass is 10.1. The molecule has 2 rings (SSSR count). The van der Waals surface area contributed by atoms with Crippen LogP contribution in [0.3, 0.4) is 0 Å². The Morgan fingerprint density at radius 1 is 1.43 bits per heavy atom. The second-order valence-corrected chi connectivity index (χ2v) is 5.66. The van der Waals surface area contributed by atoms with Crippen LogP contribution in [0.1, 0.15) is 23.4 Å². The highest BCUT2D eigenvalue weighted by Crippen LogP contribution is 2.19. The van der Waals surface area contributed by atoms with Crippen molar-refractivity contribution in [3.8, 4) is 0 Å². The Hall–Kier alpha value is -1.83. The number of hydrogen-bond acceptors (Lipinski definition) is 4. The summed E-state index contributed by atoms with van der Waals surface area (Å²) in [6.07, 6.45) is 0.744. The van der Waals surface area contributed by atoms with Gasteiger partial charge in [0.2, 0.25) is 5.91 Å². The summed E-state index contributed by atoms with van der Waals surface area (Å²) in [4.78, 5) is 35.9. The van der Waals surface area contributed by atoms with Crippen molar-refractivity contribution in [2.75, 3.05) is 19.6 Å². The number of hydrogen-bond donors (Lipinski definition) is 2. The number of halogens is 1. The molecule has 7 nitrogen and oxygen atoms in total. The largest absolute Gasteiger partial charge is 0.481 e. The highest BCUT2D eigenvalue weighted by Gasteiger charge is 2.27. The number of likely N-dealkylation sites (tertiary alicyclic amines) is 1. The molecule has 8 heteroatoms. The van der Waals surface area contributed by atoms with E-state index in [1.807, 2.05) is 0 Å². The molecule has 1 saturated heterocycles. The molecule has 114 valence electrons. The average molecular weight is 359 g/mol. The summed E-state index contributed by atoms with van der Waals surface area (Å²) in [5.41, 5.74) is 0. The summed E-state index contributed by atoms with van der Waals surface area (Å²) in [6, 6.07) is 3.09. The molecule has 0 spiro atoms. The summed E-state index contributed by atoms with van der Waals surface area (Å²) in [5.74, 6) is -1.42. The number of carbonyl (C=O) groups excluding carboxylic acids is 2. The zero-order chi connectivity index (χ0) is 15.4. The Bertz CT molecular complexity index is 557. The smallest absolute Gasteiger partial charge is 0.303 e. The van der Waals surface area contributed by atoms with Gasteiger partial charge in [0.25, 0.3) is 5.91 Å². The van der Waals surface area contributed by atoms with Gasteiger partial charge in [-0.15, -0.1) is 0 Å². The van der Waals surface area contributed by atoms with E-state index < -0.39 is 11.9 Å². The van der Waals surface area contributed by atoms with Gasteiger partial charge in [-0.3, -0.25) is 14.4 Å². The normalized spacial score (nSPS) is 17.8. The van der Waals surface area contributed by atoms with Gasteiger partial charge in [0.05, 0.1) is 6.54 Å². The fraction of sp³-hybridized carbons (Fsp3) is 0.462. The van der Waals surface area contributed by atoms with Gasteiger partial charge < -0.3 is 19.7 Å². The number of carboxylic acid groups (broad SMARTS) is 1. The van der Waals surface area contributed by atoms with Crippen LogP contribution in [0.4, 0.5) is 0 Å². The first-order chi connectivity index (χ1) is 9.95. The predicted octanol–water partition coefficient (Wildman–Crippen LogP) is 1.10. The van der Waals surface area contributed by atoms with Crippen molar-refractivity contribution in [1.82, 2.24) is 10.2 Å². The van der Waals surface area contributed by atoms with Crippen LogP contribution in [-0.4, -0.2) is 47.4 Å². The quantitative estimate of drug-likeness (QED) is 0.820. The molecule has 1 atom stereocenters. The van der Waals surface area contributed by atoms with Crippen LogP contribution in [0.25, 0.3) is 0 Å². The first kappa shape index (κ1) is 15.6. The second kappa shape index (κ2) is 6.75. The van der Waals surface area contributed by atoms with Crippen LogP contribution in [0, 0.1) is 5.92 Å². The fourth-order valence-corrected chi connectivity index (χ4v) is 2.57. The number of rotatable bonds is 5. The van der Waals surface area contributed by atoms with Crippen molar-refractivity contribution in [3.63, 3.8) is 0 Å². The summed E-state index contributed by atoms with van der Waals surface area (Å²) in [6.45, 7) is 0.823. The first-order valence-electron chi connectivity index (χ1n) is 6.49. The highest BCUT2D eigenvalue weighted by atomic mass is 79.9. The van der Waals surface area contributed by atoms with E-state index in [4.69, 9.17) is 9.52 Å². The third-order valence-electron chi connectivity index (χ3n) is 3.30. The van der Waals surface area contributed by atoms with Crippen molar-refractivity contribution in [1.29, 1.82) is 0 Å². The molecule has 0 saturated carbocycles. The summed E-state index contributed by atoms with van der Waals surface area (Å²) in [7, 11) is 0. The minimum Gasteiger partial charge on any atom is -0.481 e. The third-order valence-corrected chi connectivity index (χ3v) is 3.73. The first-order valence-corrected chi connectivity index (χ1v) is 7.28. The number of amides is 2. The van der Waals surface area contributed by atoms with Crippen molar-refractivity contribution in [2.24, 2.45) is 5.92 Å². The number of nitrogens with zero attached hydrogens (tertiary/aromatic N) is 1. The van der Waals surface area contributed by atoms with Crippen molar-refractivity contribution < 1.29 is 23.9 Å². The topological polar surface area (TPSA) is 99.9 Å². The molecule has 21 heavy (non-hydrogen) atoms. The molecule has 1 aliphatic rings. The van der Waals surface area contributed by atoms with E-state index in [2.05, 4.69) is 21.2 Å². The van der Waals surface area contributed by atoms with E-state index in [9.17, 15) is 14.4 Å². The van der Waals surface area contributed by atoms with E-state index in [1.165, 1.54) is 6.07 Å². The Labute approximate surface area is 129 Å². The average Bonchev–Trinajstić information content (AvgIpc) is 3.04. The Kier molecular flexibility index (Phi) is 5.00.